The minimum atomic E-state index is -0.265. The Morgan fingerprint density at radius 1 is 0.943 bits per heavy atom. The number of carbonyl (C=O) groups is 1. The highest BCUT2D eigenvalue weighted by molar-refractivity contribution is 7.98. The summed E-state index contributed by atoms with van der Waals surface area (Å²) in [5, 5.41) is 3.72. The van der Waals surface area contributed by atoms with Crippen molar-refractivity contribution < 1.29 is 9.18 Å². The maximum atomic E-state index is 13.7. The highest BCUT2D eigenvalue weighted by Crippen LogP contribution is 2.27. The van der Waals surface area contributed by atoms with Crippen LogP contribution in [0.2, 0.25) is 0 Å². The Bertz CT molecular complexity index is 1450. The van der Waals surface area contributed by atoms with Crippen molar-refractivity contribution >= 4 is 28.8 Å². The van der Waals surface area contributed by atoms with Crippen LogP contribution in [0.3, 0.4) is 0 Å². The van der Waals surface area contributed by atoms with Crippen molar-refractivity contribution in [3.8, 4) is 0 Å². The lowest BCUT2D eigenvalue weighted by molar-refractivity contribution is 0.0951. The molecule has 0 aliphatic heterocycles. The Balaban J connectivity index is 1.27. The molecule has 5 rings (SSSR count). The molecule has 0 aliphatic rings. The molecule has 0 unspecified atom stereocenters. The van der Waals surface area contributed by atoms with Crippen LogP contribution in [0.4, 0.5) is 4.39 Å². The first-order chi connectivity index (χ1) is 17.2. The summed E-state index contributed by atoms with van der Waals surface area (Å²) < 4.78 is 15.7. The molecular weight excluding hydrogens is 461 g/mol. The maximum absolute atomic E-state index is 13.7. The summed E-state index contributed by atoms with van der Waals surface area (Å²) in [6.45, 7) is 0.906. The van der Waals surface area contributed by atoms with Gasteiger partial charge in [0, 0.05) is 36.5 Å². The second-order valence-corrected chi connectivity index (χ2v) is 8.93. The fraction of sp³-hybridized carbons (Fsp3) is 0.111. The summed E-state index contributed by atoms with van der Waals surface area (Å²) in [5.41, 5.74) is 5.02. The molecule has 0 spiro atoms. The molecule has 1 N–H and O–H groups in total. The van der Waals surface area contributed by atoms with Gasteiger partial charge < -0.3 is 5.32 Å². The first-order valence-electron chi connectivity index (χ1n) is 11.1. The van der Waals surface area contributed by atoms with Crippen LogP contribution in [0.25, 0.3) is 11.2 Å². The Morgan fingerprint density at radius 2 is 1.77 bits per heavy atom. The summed E-state index contributed by atoms with van der Waals surface area (Å²) in [4.78, 5) is 25.8. The van der Waals surface area contributed by atoms with E-state index >= 15 is 0 Å². The van der Waals surface area contributed by atoms with Gasteiger partial charge in [0.15, 0.2) is 10.8 Å². The van der Waals surface area contributed by atoms with Gasteiger partial charge in [0.2, 0.25) is 0 Å². The second kappa shape index (κ2) is 10.5. The van der Waals surface area contributed by atoms with Crippen molar-refractivity contribution in [3.05, 3.63) is 119 Å². The van der Waals surface area contributed by atoms with Gasteiger partial charge in [0.05, 0.1) is 6.54 Å². The van der Waals surface area contributed by atoms with Gasteiger partial charge in [-0.3, -0.25) is 14.3 Å². The zero-order chi connectivity index (χ0) is 24.0. The molecule has 0 fully saturated rings. The number of hydrogen-bond donors (Lipinski definition) is 1. The minimum Gasteiger partial charge on any atom is -0.348 e. The van der Waals surface area contributed by atoms with Crippen molar-refractivity contribution in [1.29, 1.82) is 0 Å². The molecule has 6 nitrogen and oxygen atoms in total. The third kappa shape index (κ3) is 5.55. The average molecular weight is 484 g/mol. The van der Waals surface area contributed by atoms with E-state index in [9.17, 15) is 9.18 Å². The molecule has 0 saturated heterocycles. The van der Waals surface area contributed by atoms with Crippen LogP contribution < -0.4 is 5.32 Å². The SMILES string of the molecule is O=C(NCc1cccnc1)c1ccc(CSc2nc3cccnc3n2Cc2cccc(F)c2)cc1. The van der Waals surface area contributed by atoms with Gasteiger partial charge in [-0.25, -0.2) is 14.4 Å². The van der Waals surface area contributed by atoms with E-state index in [-0.39, 0.29) is 11.7 Å². The monoisotopic (exact) mass is 483 g/mol. The summed E-state index contributed by atoms with van der Waals surface area (Å²) >= 11 is 1.58. The number of pyridine rings is 2. The number of amides is 1. The number of benzene rings is 2. The topological polar surface area (TPSA) is 72.7 Å². The zero-order valence-electron chi connectivity index (χ0n) is 18.8. The number of fused-ring (bicyclic) bond motifs is 1. The van der Waals surface area contributed by atoms with E-state index < -0.39 is 0 Å². The molecule has 0 atom stereocenters. The molecule has 3 heterocycles. The van der Waals surface area contributed by atoms with Gasteiger partial charge in [-0.05, 0) is 59.2 Å². The second-order valence-electron chi connectivity index (χ2n) is 7.99. The molecule has 0 saturated carbocycles. The lowest BCUT2D eigenvalue weighted by atomic mass is 10.1. The van der Waals surface area contributed by atoms with E-state index in [1.54, 1.807) is 36.4 Å². The third-order valence-corrected chi connectivity index (χ3v) is 6.51. The van der Waals surface area contributed by atoms with Crippen LogP contribution in [0, 0.1) is 5.82 Å². The van der Waals surface area contributed by atoms with Crippen molar-refractivity contribution in [2.24, 2.45) is 0 Å². The quantitative estimate of drug-likeness (QED) is 0.306. The summed E-state index contributed by atoms with van der Waals surface area (Å²) in [6, 6.07) is 21.7. The first kappa shape index (κ1) is 22.7. The van der Waals surface area contributed by atoms with Crippen LogP contribution >= 0.6 is 11.8 Å². The Kier molecular flexibility index (Phi) is 6.81. The lowest BCUT2D eigenvalue weighted by Crippen LogP contribution is -2.22. The number of nitrogens with one attached hydrogen (secondary N) is 1. The smallest absolute Gasteiger partial charge is 0.251 e. The number of halogens is 1. The van der Waals surface area contributed by atoms with Crippen LogP contribution in [-0.4, -0.2) is 25.4 Å². The minimum absolute atomic E-state index is 0.129. The van der Waals surface area contributed by atoms with Gasteiger partial charge in [-0.15, -0.1) is 0 Å². The fourth-order valence-corrected chi connectivity index (χ4v) is 4.65. The zero-order valence-corrected chi connectivity index (χ0v) is 19.6. The highest BCUT2D eigenvalue weighted by atomic mass is 32.2. The van der Waals surface area contributed by atoms with Crippen molar-refractivity contribution in [2.75, 3.05) is 0 Å². The van der Waals surface area contributed by atoms with E-state index in [1.165, 1.54) is 12.1 Å². The van der Waals surface area contributed by atoms with Crippen LogP contribution in [0.5, 0.6) is 0 Å². The standard InChI is InChI=1S/C27H22FN5OS/c28-23-6-1-4-20(14-23)17-33-25-24(7-3-13-30-25)32-27(33)35-18-19-8-10-22(11-9-19)26(34)31-16-21-5-2-12-29-15-21/h1-15H,16-18H2,(H,31,34). The molecular formula is C27H22FN5OS. The highest BCUT2D eigenvalue weighted by Gasteiger charge is 2.14. The van der Waals surface area contributed by atoms with E-state index in [1.807, 2.05) is 59.2 Å². The van der Waals surface area contributed by atoms with Gasteiger partial charge in [-0.1, -0.05) is 42.1 Å². The Hall–Kier alpha value is -4.04. The summed E-state index contributed by atoms with van der Waals surface area (Å²) in [5.74, 6) is 0.277. The van der Waals surface area contributed by atoms with E-state index in [4.69, 9.17) is 4.98 Å². The van der Waals surface area contributed by atoms with Crippen molar-refractivity contribution in [3.63, 3.8) is 0 Å². The molecule has 0 bridgehead atoms. The normalized spacial score (nSPS) is 11.0. The number of nitrogens with zero attached hydrogens (tertiary/aromatic N) is 4. The van der Waals surface area contributed by atoms with Crippen molar-refractivity contribution in [1.82, 2.24) is 24.8 Å². The number of hydrogen-bond acceptors (Lipinski definition) is 5. The molecule has 5 aromatic rings. The van der Waals surface area contributed by atoms with Crippen LogP contribution in [0.15, 0.2) is 96.5 Å². The number of rotatable bonds is 8. The largest absolute Gasteiger partial charge is 0.348 e. The van der Waals surface area contributed by atoms with Gasteiger partial charge in [0.1, 0.15) is 11.3 Å². The molecule has 1 amide bonds. The predicted octanol–water partition coefficient (Wildman–Crippen LogP) is 5.24. The summed E-state index contributed by atoms with van der Waals surface area (Å²) in [6.07, 6.45) is 5.17. The average Bonchev–Trinajstić information content (AvgIpc) is 3.24. The Morgan fingerprint density at radius 3 is 2.57 bits per heavy atom. The first-order valence-corrected chi connectivity index (χ1v) is 12.1. The molecule has 174 valence electrons. The molecule has 0 radical (unpaired) electrons. The van der Waals surface area contributed by atoms with Gasteiger partial charge in [-0.2, -0.15) is 0 Å². The van der Waals surface area contributed by atoms with E-state index in [2.05, 4.69) is 15.3 Å². The molecule has 2 aromatic carbocycles. The molecule has 8 heteroatoms. The molecule has 0 aliphatic carbocycles. The third-order valence-electron chi connectivity index (χ3n) is 5.46. The Labute approximate surface area is 206 Å². The summed E-state index contributed by atoms with van der Waals surface area (Å²) in [7, 11) is 0. The number of carbonyl (C=O) groups excluding carboxylic acids is 1. The number of imidazole rings is 1. The van der Waals surface area contributed by atoms with Gasteiger partial charge in [0.25, 0.3) is 5.91 Å². The fourth-order valence-electron chi connectivity index (χ4n) is 3.70. The number of aromatic nitrogens is 4. The molecule has 3 aromatic heterocycles. The lowest BCUT2D eigenvalue weighted by Gasteiger charge is -2.09. The molecule has 35 heavy (non-hydrogen) atoms. The van der Waals surface area contributed by atoms with E-state index in [0.29, 0.717) is 24.4 Å². The maximum Gasteiger partial charge on any atom is 0.251 e. The number of thioether (sulfide) groups is 1. The van der Waals surface area contributed by atoms with Crippen molar-refractivity contribution in [2.45, 2.75) is 24.0 Å². The van der Waals surface area contributed by atoms with Crippen LogP contribution in [0.1, 0.15) is 27.0 Å². The van der Waals surface area contributed by atoms with E-state index in [0.717, 1.165) is 33.0 Å². The van der Waals surface area contributed by atoms with Crippen LogP contribution in [-0.2, 0) is 18.8 Å². The predicted molar refractivity (Wildman–Crippen MR) is 134 cm³/mol. The van der Waals surface area contributed by atoms with Gasteiger partial charge >= 0.3 is 0 Å².